The Bertz CT molecular complexity index is 472. The third kappa shape index (κ3) is 4.62. The Labute approximate surface area is 135 Å². The van der Waals surface area contributed by atoms with Gasteiger partial charge in [-0.15, -0.1) is 0 Å². The average molecular weight is 477 g/mol. The molecule has 0 bridgehead atoms. The van der Waals surface area contributed by atoms with E-state index < -0.39 is 24.4 Å². The second-order valence-corrected chi connectivity index (χ2v) is 45.2. The zero-order valence-corrected chi connectivity index (χ0v) is 19.1. The number of hydrogen-bond donors (Lipinski definition) is 1. The van der Waals surface area contributed by atoms with Crippen LogP contribution in [-0.2, 0) is 105 Å². The van der Waals surface area contributed by atoms with E-state index in [2.05, 4.69) is 0 Å². The van der Waals surface area contributed by atoms with Crippen molar-refractivity contribution in [2.75, 3.05) is 0 Å². The van der Waals surface area contributed by atoms with Gasteiger partial charge in [0.2, 0.25) is 0 Å². The van der Waals surface area contributed by atoms with Gasteiger partial charge >= 0.3 is 0 Å². The van der Waals surface area contributed by atoms with Crippen molar-refractivity contribution in [3.8, 4) is 0 Å². The van der Waals surface area contributed by atoms with Gasteiger partial charge in [-0.25, -0.2) is 0 Å². The summed E-state index contributed by atoms with van der Waals surface area (Å²) >= 11 is 41.8. The smallest absolute Gasteiger partial charge is 0.0679 e. The van der Waals surface area contributed by atoms with Crippen LogP contribution in [0.3, 0.4) is 0 Å². The van der Waals surface area contributed by atoms with Crippen molar-refractivity contribution in [1.29, 1.82) is 0 Å². The molecule has 15 heteroatoms. The molecule has 0 fully saturated rings. The predicted molar refractivity (Wildman–Crippen MR) is 110 cm³/mol. The second-order valence-electron chi connectivity index (χ2n) is 1.68. The lowest BCUT2D eigenvalue weighted by atomic mass is 28.9. The summed E-state index contributed by atoms with van der Waals surface area (Å²) in [6.45, 7) is -0.727. The lowest BCUT2D eigenvalue weighted by Gasteiger charge is -2.22. The molecule has 0 radical (unpaired) electrons. The maximum Gasteiger partial charge on any atom is 0.119 e. The molecule has 0 nitrogen and oxygen atoms in total. The molecule has 1 unspecified atom stereocenters. The molecule has 0 aromatic carbocycles. The SMILES string of the molecule is S=PP(P=S)P(=S)(P=S)S(=S)(=S)[SH](=S)=S. The van der Waals surface area contributed by atoms with E-state index in [1.54, 1.807) is 0 Å². The third-order valence-electron chi connectivity index (χ3n) is 0.964. The minimum absolute atomic E-state index is 0.655. The van der Waals surface area contributed by atoms with Crippen LogP contribution in [-0.4, -0.2) is 0 Å². The fraction of sp³-hybridized carbons (Fsp3) is 0. The largest absolute Gasteiger partial charge is 0.119 e. The van der Waals surface area contributed by atoms with Crippen molar-refractivity contribution in [2.45, 2.75) is 0 Å². The fourth-order valence-corrected chi connectivity index (χ4v) is 87.8. The van der Waals surface area contributed by atoms with Gasteiger partial charge in [0.1, 0.15) is 4.62 Å². The van der Waals surface area contributed by atoms with Gasteiger partial charge in [0.25, 0.3) is 0 Å². The Hall–Kier alpha value is 4.22. The molecule has 1 atom stereocenters. The minimum Gasteiger partial charge on any atom is -0.0679 e. The molecule has 15 heavy (non-hydrogen) atoms. The highest BCUT2D eigenvalue weighted by atomic mass is 33.9. The standard InChI is InChI=1S/HP5S10/c6-1-4(2-7)5(9,3-8)15(12,13)14(10)11/h14H. The molecule has 0 saturated heterocycles. The first-order chi connectivity index (χ1) is 6.77. The van der Waals surface area contributed by atoms with Crippen LogP contribution in [0.2, 0.25) is 0 Å². The Morgan fingerprint density at radius 2 is 1.47 bits per heavy atom. The van der Waals surface area contributed by atoms with E-state index in [0.717, 1.165) is 14.1 Å². The molecule has 0 spiro atoms. The lowest BCUT2D eigenvalue weighted by molar-refractivity contribution is 4.77. The molecule has 0 saturated carbocycles. The molecule has 0 rings (SSSR count). The zero-order valence-electron chi connectivity index (χ0n) is 6.36. The molecule has 0 aliphatic carbocycles. The fourth-order valence-electron chi connectivity index (χ4n) is 0.361. The summed E-state index contributed by atoms with van der Waals surface area (Å²) in [7, 11) is 0.975. The quantitative estimate of drug-likeness (QED) is 0.343. The number of thiol groups is 1. The summed E-state index contributed by atoms with van der Waals surface area (Å²) in [6, 6.07) is 0. The van der Waals surface area contributed by atoms with Gasteiger partial charge in [-0.3, -0.25) is 0 Å². The van der Waals surface area contributed by atoms with Crippen LogP contribution in [0.4, 0.5) is 0 Å². The summed E-state index contributed by atoms with van der Waals surface area (Å²) in [4.78, 5) is 0. The molecule has 86 valence electrons. The van der Waals surface area contributed by atoms with Crippen molar-refractivity contribution >= 4 is 138 Å². The molecule has 0 amide bonds. The molecular formula is HP5S10. The summed E-state index contributed by atoms with van der Waals surface area (Å²) in [5.41, 5.74) is 0. The monoisotopic (exact) mass is 476 g/mol. The summed E-state index contributed by atoms with van der Waals surface area (Å²) in [5, 5.41) is 0. The van der Waals surface area contributed by atoms with Crippen molar-refractivity contribution in [2.24, 2.45) is 0 Å². The van der Waals surface area contributed by atoms with E-state index in [-0.39, 0.29) is 0 Å². The predicted octanol–water partition coefficient (Wildman–Crippen LogP) is 4.01. The summed E-state index contributed by atoms with van der Waals surface area (Å²) < 4.78 is -2.08. The second kappa shape index (κ2) is 8.49. The molecule has 0 aromatic rings. The van der Waals surface area contributed by atoms with Crippen LogP contribution in [0.25, 0.3) is 0 Å². The number of rotatable bonds is 6. The van der Waals surface area contributed by atoms with Crippen LogP contribution in [0, 0.1) is 0 Å². The minimum atomic E-state index is -2.08. The Balaban J connectivity index is 6.02. The van der Waals surface area contributed by atoms with E-state index in [1.165, 1.54) is 0 Å². The maximum atomic E-state index is 5.62. The highest BCUT2D eigenvalue weighted by Crippen LogP contribution is 2.96. The van der Waals surface area contributed by atoms with Gasteiger partial charge < -0.3 is 0 Å². The average Bonchev–Trinajstić information content (AvgIpc) is 2.18. The van der Waals surface area contributed by atoms with Crippen LogP contribution in [0.15, 0.2) is 0 Å². The molecule has 0 aliphatic rings. The maximum absolute atomic E-state index is 5.62. The number of hydrogen-bond acceptors (Lipinski definition) is 8. The normalized spacial score (nSPS) is 19.3. The first-order valence-electron chi connectivity index (χ1n) is 2.59. The Kier molecular flexibility index (Phi) is 10.9. The van der Waals surface area contributed by atoms with Gasteiger partial charge in [0, 0.05) is 26.9 Å². The first-order valence-corrected chi connectivity index (χ1v) is 23.3. The van der Waals surface area contributed by atoms with E-state index in [0.29, 0.717) is 7.04 Å². The molecular weight excluding hydrogens is 476 g/mol. The highest BCUT2D eigenvalue weighted by Gasteiger charge is 2.33. The van der Waals surface area contributed by atoms with Crippen molar-refractivity contribution in [3.05, 3.63) is 0 Å². The van der Waals surface area contributed by atoms with Gasteiger partial charge in [-0.05, 0) is 51.8 Å². The lowest BCUT2D eigenvalue weighted by Crippen LogP contribution is -1.89. The van der Waals surface area contributed by atoms with Crippen molar-refractivity contribution < 1.29 is 0 Å². The van der Waals surface area contributed by atoms with Crippen LogP contribution in [0.1, 0.15) is 0 Å². The van der Waals surface area contributed by atoms with E-state index in [1.807, 2.05) is 0 Å². The van der Waals surface area contributed by atoms with E-state index in [9.17, 15) is 0 Å². The Morgan fingerprint density at radius 1 is 1.07 bits per heavy atom. The summed E-state index contributed by atoms with van der Waals surface area (Å²) in [5.74, 6) is -1.96. The van der Waals surface area contributed by atoms with Gasteiger partial charge in [-0.2, -0.15) is 0 Å². The van der Waals surface area contributed by atoms with Gasteiger partial charge in [0.05, 0.1) is 6.99 Å². The topological polar surface area (TPSA) is 0 Å². The zero-order chi connectivity index (χ0) is 12.3. The van der Waals surface area contributed by atoms with Crippen LogP contribution < -0.4 is 0 Å². The Morgan fingerprint density at radius 3 is 1.67 bits per heavy atom. The van der Waals surface area contributed by atoms with Crippen LogP contribution in [0.5, 0.6) is 0 Å². The van der Waals surface area contributed by atoms with Crippen molar-refractivity contribution in [3.63, 3.8) is 0 Å². The highest BCUT2D eigenvalue weighted by molar-refractivity contribution is 9.40. The van der Waals surface area contributed by atoms with Gasteiger partial charge in [0.15, 0.2) is 0 Å². The first kappa shape index (κ1) is 19.2. The van der Waals surface area contributed by atoms with E-state index >= 15 is 0 Å². The molecule has 0 heterocycles. The van der Waals surface area contributed by atoms with E-state index in [4.69, 9.17) is 92.0 Å². The third-order valence-corrected chi connectivity index (χ3v) is 78.1. The molecule has 0 aliphatic heterocycles. The molecule has 0 aromatic heterocycles. The van der Waals surface area contributed by atoms with Crippen LogP contribution >= 0.6 is 32.7 Å². The summed E-state index contributed by atoms with van der Waals surface area (Å²) in [6.07, 6.45) is 0. The molecule has 0 N–H and O–H groups in total. The van der Waals surface area contributed by atoms with Crippen molar-refractivity contribution in [1.82, 2.24) is 0 Å². The van der Waals surface area contributed by atoms with Gasteiger partial charge in [-0.1, -0.05) is 47.2 Å².